The molecule has 0 amide bonds. The largest absolute Gasteiger partial charge is 0.462 e. The number of carbonyl (C=O) groups excluding carboxylic acids is 3. The summed E-state index contributed by atoms with van der Waals surface area (Å²) in [6.45, 7) is 8.84. The van der Waals surface area contributed by atoms with Gasteiger partial charge in [0.15, 0.2) is 6.10 Å². The predicted molar refractivity (Wildman–Crippen MR) is 150 cm³/mol. The molecule has 2 aliphatic carbocycles. The third-order valence-corrected chi connectivity index (χ3v) is 9.38. The zero-order valence-electron chi connectivity index (χ0n) is 24.1. The third kappa shape index (κ3) is 4.77. The first-order valence-corrected chi connectivity index (χ1v) is 14.2. The minimum absolute atomic E-state index is 0.175. The molecule has 1 spiro atoms. The van der Waals surface area contributed by atoms with Crippen LogP contribution in [0.4, 0.5) is 0 Å². The minimum atomic E-state index is -1.25. The van der Waals surface area contributed by atoms with E-state index in [1.165, 1.54) is 13.0 Å². The number of ether oxygens (including phenoxy) is 4. The predicted octanol–water partition coefficient (Wildman–Crippen LogP) is 4.74. The van der Waals surface area contributed by atoms with E-state index in [0.29, 0.717) is 18.4 Å². The quantitative estimate of drug-likeness (QED) is 0.306. The van der Waals surface area contributed by atoms with Gasteiger partial charge in [0.05, 0.1) is 28.6 Å². The smallest absolute Gasteiger partial charge is 0.338 e. The van der Waals surface area contributed by atoms with Crippen LogP contribution < -0.4 is 0 Å². The van der Waals surface area contributed by atoms with Crippen LogP contribution in [0, 0.1) is 17.3 Å². The number of aliphatic hydroxyl groups excluding tert-OH is 1. The van der Waals surface area contributed by atoms with Crippen molar-refractivity contribution in [2.45, 2.75) is 83.1 Å². The van der Waals surface area contributed by atoms with Gasteiger partial charge in [-0.25, -0.2) is 9.59 Å². The molecule has 1 N–H and O–H groups in total. The van der Waals surface area contributed by atoms with Crippen LogP contribution in [-0.4, -0.2) is 58.6 Å². The first kappa shape index (κ1) is 29.0. The summed E-state index contributed by atoms with van der Waals surface area (Å²) >= 11 is 0. The van der Waals surface area contributed by atoms with Gasteiger partial charge in [-0.05, 0) is 63.3 Å². The zero-order valence-corrected chi connectivity index (χ0v) is 24.1. The van der Waals surface area contributed by atoms with Gasteiger partial charge in [-0.2, -0.15) is 0 Å². The molecule has 5 rings (SSSR count). The number of rotatable bonds is 6. The summed E-state index contributed by atoms with van der Waals surface area (Å²) in [4.78, 5) is 39.2. The number of benzene rings is 2. The van der Waals surface area contributed by atoms with E-state index in [4.69, 9.17) is 18.9 Å². The Balaban J connectivity index is 1.62. The average Bonchev–Trinajstić information content (AvgIpc) is 3.12. The molecule has 0 aromatic heterocycles. The number of esters is 3. The molecule has 8 atom stereocenters. The lowest BCUT2D eigenvalue weighted by atomic mass is 9.48. The zero-order chi connectivity index (χ0) is 29.6. The van der Waals surface area contributed by atoms with Crippen molar-refractivity contribution in [1.82, 2.24) is 0 Å². The number of hydrogen-bond donors (Lipinski definition) is 1. The van der Waals surface area contributed by atoms with Crippen LogP contribution in [0.3, 0.4) is 0 Å². The van der Waals surface area contributed by atoms with Crippen LogP contribution in [0.1, 0.15) is 63.4 Å². The van der Waals surface area contributed by atoms with Crippen LogP contribution in [0.2, 0.25) is 0 Å². The second-order valence-electron chi connectivity index (χ2n) is 12.2. The Kier molecular flexibility index (Phi) is 7.59. The van der Waals surface area contributed by atoms with Crippen LogP contribution >= 0.6 is 0 Å². The Hall–Kier alpha value is -3.49. The van der Waals surface area contributed by atoms with E-state index in [9.17, 15) is 19.5 Å². The van der Waals surface area contributed by atoms with Crippen molar-refractivity contribution in [2.75, 3.05) is 0 Å². The molecule has 1 heterocycles. The van der Waals surface area contributed by atoms with Gasteiger partial charge in [0.1, 0.15) is 17.8 Å². The fourth-order valence-corrected chi connectivity index (χ4v) is 7.61. The molecule has 1 aliphatic heterocycles. The van der Waals surface area contributed by atoms with Gasteiger partial charge < -0.3 is 24.1 Å². The molecule has 1 saturated heterocycles. The maximum absolute atomic E-state index is 13.6. The van der Waals surface area contributed by atoms with E-state index in [-0.39, 0.29) is 5.92 Å². The molecule has 218 valence electrons. The van der Waals surface area contributed by atoms with E-state index >= 15 is 0 Å². The molecule has 2 saturated carbocycles. The first-order valence-electron chi connectivity index (χ1n) is 14.2. The summed E-state index contributed by atoms with van der Waals surface area (Å²) < 4.78 is 25.1. The van der Waals surface area contributed by atoms with E-state index in [0.717, 1.165) is 5.56 Å². The Morgan fingerprint density at radius 2 is 1.56 bits per heavy atom. The molecule has 3 aliphatic rings. The van der Waals surface area contributed by atoms with Crippen LogP contribution in [-0.2, 0) is 28.5 Å². The first-order chi connectivity index (χ1) is 19.4. The molecular weight excluding hydrogens is 524 g/mol. The summed E-state index contributed by atoms with van der Waals surface area (Å²) in [5.74, 6) is -2.66. The number of carbonyl (C=O) groups is 3. The van der Waals surface area contributed by atoms with Crippen molar-refractivity contribution in [3.63, 3.8) is 0 Å². The van der Waals surface area contributed by atoms with E-state index < -0.39 is 64.9 Å². The lowest BCUT2D eigenvalue weighted by Gasteiger charge is -2.62. The monoisotopic (exact) mass is 562 g/mol. The summed E-state index contributed by atoms with van der Waals surface area (Å²) in [6, 6.07) is 17.9. The van der Waals surface area contributed by atoms with Crippen molar-refractivity contribution in [1.29, 1.82) is 0 Å². The lowest BCUT2D eigenvalue weighted by molar-refractivity contribution is -0.296. The van der Waals surface area contributed by atoms with Crippen LogP contribution in [0.5, 0.6) is 0 Å². The van der Waals surface area contributed by atoms with E-state index in [1.807, 2.05) is 58.0 Å². The number of fused-ring (bicyclic) bond motifs is 1. The molecule has 8 heteroatoms. The molecule has 2 bridgehead atoms. The Labute approximate surface area is 240 Å². The van der Waals surface area contributed by atoms with Gasteiger partial charge in [-0.1, -0.05) is 55.5 Å². The summed E-state index contributed by atoms with van der Waals surface area (Å²) in [5.41, 5.74) is -2.31. The Bertz CT molecular complexity index is 1320. The van der Waals surface area contributed by atoms with Crippen molar-refractivity contribution in [3.05, 3.63) is 77.9 Å². The van der Waals surface area contributed by atoms with Crippen LogP contribution in [0.15, 0.2) is 66.7 Å². The summed E-state index contributed by atoms with van der Waals surface area (Å²) in [6.07, 6.45) is 0.00673. The maximum Gasteiger partial charge on any atom is 0.338 e. The molecule has 0 radical (unpaired) electrons. The molecule has 2 aromatic carbocycles. The number of aliphatic hydroxyl groups is 1. The highest BCUT2D eigenvalue weighted by atomic mass is 16.6. The van der Waals surface area contributed by atoms with Crippen molar-refractivity contribution < 1.29 is 38.4 Å². The van der Waals surface area contributed by atoms with E-state index in [1.54, 1.807) is 36.4 Å². The second kappa shape index (κ2) is 10.7. The SMILES string of the molecule is CC(=O)O[C@H]1CC[C@@H](C)[C@]23OC(C)(C)[C@H]([C@H](OC(=O)/C=C/c4ccccc4)[C@H](OC(=O)c4ccccc4)[C@]12C)[C@H]3O. The van der Waals surface area contributed by atoms with Gasteiger partial charge >= 0.3 is 17.9 Å². The maximum atomic E-state index is 13.6. The Morgan fingerprint density at radius 1 is 0.927 bits per heavy atom. The average molecular weight is 563 g/mol. The lowest BCUT2D eigenvalue weighted by Crippen LogP contribution is -2.76. The molecule has 41 heavy (non-hydrogen) atoms. The van der Waals surface area contributed by atoms with Gasteiger partial charge in [0.25, 0.3) is 0 Å². The summed E-state index contributed by atoms with van der Waals surface area (Å²) in [5, 5.41) is 12.1. The normalized spacial score (nSPS) is 35.4. The summed E-state index contributed by atoms with van der Waals surface area (Å²) in [7, 11) is 0. The highest BCUT2D eigenvalue weighted by Gasteiger charge is 2.81. The molecule has 2 aromatic rings. The van der Waals surface area contributed by atoms with Crippen molar-refractivity contribution in [2.24, 2.45) is 17.3 Å². The van der Waals surface area contributed by atoms with Crippen molar-refractivity contribution >= 4 is 24.0 Å². The molecular formula is C33H38O8. The standard InChI is InChI=1S/C33H38O8/c1-20-16-18-24(38-21(2)34)32(5)29(40-30(37)23-14-10-7-11-15-23)27(26-28(36)33(20,32)41-31(26,3)4)39-25(35)19-17-22-12-8-6-9-13-22/h6-15,17,19-20,24,26-29,36H,16,18H2,1-5H3/b19-17+/t20-,24+,26-,27+,28-,29+,32+,33-/m1/s1. The van der Waals surface area contributed by atoms with Gasteiger partial charge in [0.2, 0.25) is 0 Å². The topological polar surface area (TPSA) is 108 Å². The fraction of sp³-hybridized carbons (Fsp3) is 0.485. The molecule has 3 fully saturated rings. The number of hydrogen-bond acceptors (Lipinski definition) is 8. The van der Waals surface area contributed by atoms with E-state index in [2.05, 4.69) is 0 Å². The van der Waals surface area contributed by atoms with Crippen LogP contribution in [0.25, 0.3) is 6.08 Å². The fourth-order valence-electron chi connectivity index (χ4n) is 7.61. The molecule has 8 nitrogen and oxygen atoms in total. The highest BCUT2D eigenvalue weighted by molar-refractivity contribution is 5.90. The highest BCUT2D eigenvalue weighted by Crippen LogP contribution is 2.67. The third-order valence-electron chi connectivity index (χ3n) is 9.38. The van der Waals surface area contributed by atoms with Gasteiger partial charge in [0, 0.05) is 13.0 Å². The van der Waals surface area contributed by atoms with Crippen molar-refractivity contribution in [3.8, 4) is 0 Å². The Morgan fingerprint density at radius 3 is 2.20 bits per heavy atom. The molecule has 0 unspecified atom stereocenters. The minimum Gasteiger partial charge on any atom is -0.462 e. The second-order valence-corrected chi connectivity index (χ2v) is 12.2. The van der Waals surface area contributed by atoms with Gasteiger partial charge in [-0.15, -0.1) is 0 Å². The van der Waals surface area contributed by atoms with Gasteiger partial charge in [-0.3, -0.25) is 4.79 Å².